The minimum Gasteiger partial charge on any atom is -0.476 e. The molecule has 0 aliphatic carbocycles. The van der Waals surface area contributed by atoms with Gasteiger partial charge in [-0.25, -0.2) is 22.9 Å². The van der Waals surface area contributed by atoms with Gasteiger partial charge in [-0.1, -0.05) is 0 Å². The van der Waals surface area contributed by atoms with Gasteiger partial charge >= 0.3 is 5.97 Å². The lowest BCUT2D eigenvalue weighted by atomic mass is 10.4. The van der Waals surface area contributed by atoms with E-state index in [1.807, 2.05) is 6.92 Å². The fourth-order valence-corrected chi connectivity index (χ4v) is 4.58. The molecule has 20 heavy (non-hydrogen) atoms. The molecule has 0 aliphatic rings. The molecule has 2 aromatic heterocycles. The Balaban J connectivity index is 1.93. The number of nitrogens with one attached hydrogen (secondary N) is 1. The van der Waals surface area contributed by atoms with Crippen molar-refractivity contribution in [2.45, 2.75) is 17.6 Å². The summed E-state index contributed by atoms with van der Waals surface area (Å²) in [6.45, 7) is 2.03. The van der Waals surface area contributed by atoms with Crippen LogP contribution in [-0.2, 0) is 16.4 Å². The predicted octanol–water partition coefficient (Wildman–Crippen LogP) is 1.73. The summed E-state index contributed by atoms with van der Waals surface area (Å²) in [7, 11) is -3.49. The van der Waals surface area contributed by atoms with Crippen LogP contribution in [0.4, 0.5) is 0 Å². The summed E-state index contributed by atoms with van der Waals surface area (Å²) in [5, 5.41) is 10.8. The Labute approximate surface area is 124 Å². The number of nitrogens with zero attached hydrogens (tertiary/aromatic N) is 1. The number of aromatic nitrogens is 1. The molecule has 0 bridgehead atoms. The molecule has 0 amide bonds. The summed E-state index contributed by atoms with van der Waals surface area (Å²) < 4.78 is 26.6. The van der Waals surface area contributed by atoms with Crippen molar-refractivity contribution in [2.24, 2.45) is 0 Å². The fourth-order valence-electron chi connectivity index (χ4n) is 1.44. The van der Waals surface area contributed by atoms with Crippen molar-refractivity contribution in [1.29, 1.82) is 0 Å². The van der Waals surface area contributed by atoms with E-state index in [1.54, 1.807) is 12.1 Å². The van der Waals surface area contributed by atoms with Gasteiger partial charge in [0.2, 0.25) is 10.0 Å². The predicted molar refractivity (Wildman–Crippen MR) is 77.0 cm³/mol. The highest BCUT2D eigenvalue weighted by Crippen LogP contribution is 2.20. The second-order valence-electron chi connectivity index (χ2n) is 3.94. The summed E-state index contributed by atoms with van der Waals surface area (Å²) >= 11 is 2.41. The fraction of sp³-hybridized carbons (Fsp3) is 0.273. The van der Waals surface area contributed by atoms with E-state index in [0.29, 0.717) is 11.4 Å². The minimum atomic E-state index is -3.49. The van der Waals surface area contributed by atoms with Crippen molar-refractivity contribution in [3.05, 3.63) is 33.1 Å². The lowest BCUT2D eigenvalue weighted by molar-refractivity contribution is 0.0691. The average Bonchev–Trinajstić information content (AvgIpc) is 2.98. The number of carbonyl (C=O) groups is 1. The lowest BCUT2D eigenvalue weighted by Gasteiger charge is -2.02. The number of sulfonamides is 1. The Bertz CT molecular complexity index is 718. The number of hydrogen-bond acceptors (Lipinski definition) is 6. The van der Waals surface area contributed by atoms with E-state index in [9.17, 15) is 13.2 Å². The van der Waals surface area contributed by atoms with Gasteiger partial charge in [-0.2, -0.15) is 0 Å². The van der Waals surface area contributed by atoms with Crippen LogP contribution in [0.5, 0.6) is 0 Å². The Morgan fingerprint density at radius 1 is 1.45 bits per heavy atom. The molecule has 0 spiro atoms. The maximum absolute atomic E-state index is 11.9. The molecule has 2 heterocycles. The van der Waals surface area contributed by atoms with E-state index < -0.39 is 16.0 Å². The molecular formula is C11H12N2O4S3. The summed E-state index contributed by atoms with van der Waals surface area (Å²) in [6.07, 6.45) is 0.363. The number of aryl methyl sites for hydroxylation is 1. The molecule has 0 aromatic carbocycles. The van der Waals surface area contributed by atoms with E-state index in [-0.39, 0.29) is 16.4 Å². The largest absolute Gasteiger partial charge is 0.476 e. The zero-order chi connectivity index (χ0) is 14.8. The molecule has 0 unspecified atom stereocenters. The van der Waals surface area contributed by atoms with Crippen LogP contribution < -0.4 is 4.72 Å². The molecule has 0 fully saturated rings. The maximum Gasteiger partial charge on any atom is 0.355 e. The van der Waals surface area contributed by atoms with Gasteiger partial charge < -0.3 is 5.11 Å². The zero-order valence-corrected chi connectivity index (χ0v) is 12.9. The molecular weight excluding hydrogens is 320 g/mol. The third kappa shape index (κ3) is 3.63. The van der Waals surface area contributed by atoms with E-state index in [1.165, 1.54) is 28.1 Å². The number of thiophene rings is 1. The molecule has 0 radical (unpaired) electrons. The maximum atomic E-state index is 11.9. The number of aromatic carboxylic acids is 1. The third-order valence-electron chi connectivity index (χ3n) is 2.38. The van der Waals surface area contributed by atoms with Gasteiger partial charge in [-0.15, -0.1) is 22.7 Å². The van der Waals surface area contributed by atoms with Gasteiger partial charge in [0, 0.05) is 23.2 Å². The summed E-state index contributed by atoms with van der Waals surface area (Å²) in [4.78, 5) is 15.5. The molecule has 2 aromatic rings. The normalized spacial score (nSPS) is 11.7. The zero-order valence-electron chi connectivity index (χ0n) is 10.5. The van der Waals surface area contributed by atoms with Gasteiger partial charge in [0.05, 0.1) is 5.01 Å². The average molecular weight is 332 g/mol. The van der Waals surface area contributed by atoms with Crippen molar-refractivity contribution in [1.82, 2.24) is 9.71 Å². The Hall–Kier alpha value is -1.29. The van der Waals surface area contributed by atoms with E-state index in [4.69, 9.17) is 5.11 Å². The molecule has 0 atom stereocenters. The highest BCUT2D eigenvalue weighted by atomic mass is 32.2. The van der Waals surface area contributed by atoms with Crippen LogP contribution in [-0.4, -0.2) is 31.0 Å². The van der Waals surface area contributed by atoms with E-state index in [2.05, 4.69) is 9.71 Å². The Morgan fingerprint density at radius 2 is 2.20 bits per heavy atom. The van der Waals surface area contributed by atoms with Gasteiger partial charge in [0.25, 0.3) is 0 Å². The van der Waals surface area contributed by atoms with Crippen LogP contribution >= 0.6 is 22.7 Å². The molecule has 6 nitrogen and oxygen atoms in total. The van der Waals surface area contributed by atoms with Crippen molar-refractivity contribution >= 4 is 38.7 Å². The van der Waals surface area contributed by atoms with Gasteiger partial charge in [0.1, 0.15) is 4.21 Å². The van der Waals surface area contributed by atoms with Crippen molar-refractivity contribution < 1.29 is 18.3 Å². The van der Waals surface area contributed by atoms with Gasteiger partial charge in [-0.3, -0.25) is 0 Å². The number of hydrogen-bond donors (Lipinski definition) is 2. The quantitative estimate of drug-likeness (QED) is 0.840. The minimum absolute atomic E-state index is 0.0123. The van der Waals surface area contributed by atoms with Crippen LogP contribution in [0.2, 0.25) is 0 Å². The number of rotatable bonds is 6. The molecule has 2 rings (SSSR count). The second-order valence-corrected chi connectivity index (χ2v) is 8.17. The Kier molecular flexibility index (Phi) is 4.53. The third-order valence-corrected chi connectivity index (χ3v) is 6.24. The summed E-state index contributed by atoms with van der Waals surface area (Å²) in [6, 6.07) is 3.31. The number of carboxylic acid groups (broad SMARTS) is 1. The van der Waals surface area contributed by atoms with Crippen molar-refractivity contribution in [2.75, 3.05) is 6.54 Å². The smallest absolute Gasteiger partial charge is 0.355 e. The lowest BCUT2D eigenvalue weighted by Crippen LogP contribution is -2.25. The summed E-state index contributed by atoms with van der Waals surface area (Å²) in [5.41, 5.74) is -0.0123. The number of thiazole rings is 1. The topological polar surface area (TPSA) is 96.4 Å². The van der Waals surface area contributed by atoms with E-state index >= 15 is 0 Å². The van der Waals surface area contributed by atoms with Crippen LogP contribution in [0, 0.1) is 6.92 Å². The van der Waals surface area contributed by atoms with Gasteiger partial charge in [-0.05, 0) is 19.1 Å². The first-order valence-electron chi connectivity index (χ1n) is 5.62. The first kappa shape index (κ1) is 15.1. The number of carboxylic acids is 1. The molecule has 9 heteroatoms. The first-order valence-corrected chi connectivity index (χ1v) is 8.80. The highest BCUT2D eigenvalue weighted by Gasteiger charge is 2.16. The molecule has 0 saturated heterocycles. The van der Waals surface area contributed by atoms with Crippen LogP contribution in [0.3, 0.4) is 0 Å². The standard InChI is InChI=1S/C11H12N2O4S3/c1-7-2-3-10(19-7)20(16,17)12-5-4-9-13-8(6-18-9)11(14)15/h2-3,6,12H,4-5H2,1H3,(H,14,15). The van der Waals surface area contributed by atoms with E-state index in [0.717, 1.165) is 4.88 Å². The van der Waals surface area contributed by atoms with Crippen molar-refractivity contribution in [3.63, 3.8) is 0 Å². The molecule has 0 saturated carbocycles. The first-order chi connectivity index (χ1) is 9.38. The van der Waals surface area contributed by atoms with Crippen molar-refractivity contribution in [3.8, 4) is 0 Å². The van der Waals surface area contributed by atoms with Crippen LogP contribution in [0.25, 0.3) is 0 Å². The highest BCUT2D eigenvalue weighted by molar-refractivity contribution is 7.91. The van der Waals surface area contributed by atoms with Crippen LogP contribution in [0.1, 0.15) is 20.4 Å². The Morgan fingerprint density at radius 3 is 2.75 bits per heavy atom. The molecule has 0 aliphatic heterocycles. The van der Waals surface area contributed by atoms with Gasteiger partial charge in [0.15, 0.2) is 5.69 Å². The monoisotopic (exact) mass is 332 g/mol. The molecule has 108 valence electrons. The van der Waals surface area contributed by atoms with Crippen LogP contribution in [0.15, 0.2) is 21.7 Å². The second kappa shape index (κ2) is 6.00. The SMILES string of the molecule is Cc1ccc(S(=O)(=O)NCCc2nc(C(=O)O)cs2)s1. The molecule has 2 N–H and O–H groups in total. The summed E-state index contributed by atoms with van der Waals surface area (Å²) in [5.74, 6) is -1.08.